The molecule has 1 saturated heterocycles. The Morgan fingerprint density at radius 2 is 2.20 bits per heavy atom. The van der Waals surface area contributed by atoms with Crippen LogP contribution in [-0.2, 0) is 19.6 Å². The van der Waals surface area contributed by atoms with Crippen molar-refractivity contribution in [3.05, 3.63) is 24.3 Å². The minimum Gasteiger partial charge on any atom is -0.481 e. The zero-order chi connectivity index (χ0) is 14.9. The van der Waals surface area contributed by atoms with Gasteiger partial charge in [0.15, 0.2) is 0 Å². The summed E-state index contributed by atoms with van der Waals surface area (Å²) in [5.74, 6) is -2.86. The summed E-state index contributed by atoms with van der Waals surface area (Å²) in [4.78, 5) is 14.2. The Bertz CT molecular complexity index is 621. The first kappa shape index (κ1) is 14.8. The number of rotatable bonds is 4. The fourth-order valence-corrected chi connectivity index (χ4v) is 3.37. The van der Waals surface area contributed by atoms with E-state index < -0.39 is 33.8 Å². The van der Waals surface area contributed by atoms with E-state index in [1.54, 1.807) is 0 Å². The molecule has 20 heavy (non-hydrogen) atoms. The maximum Gasteiger partial charge on any atom is 0.310 e. The molecular weight excluding hydrogens is 291 g/mol. The number of carbonyl (C=O) groups is 1. The van der Waals surface area contributed by atoms with Crippen LogP contribution in [0, 0.1) is 11.7 Å². The monoisotopic (exact) mass is 304 g/mol. The number of aliphatic carboxylic acids is 1. The highest BCUT2D eigenvalue weighted by atomic mass is 32.2. The predicted octanol–water partition coefficient (Wildman–Crippen LogP) is -0.0592. The van der Waals surface area contributed by atoms with Crippen LogP contribution in [0.5, 0.6) is 0 Å². The number of carboxylic acid groups (broad SMARTS) is 1. The lowest BCUT2D eigenvalue weighted by Gasteiger charge is -2.25. The molecule has 0 saturated carbocycles. The molecule has 0 spiro atoms. The number of aromatic nitrogens is 1. The van der Waals surface area contributed by atoms with Gasteiger partial charge in [-0.2, -0.15) is 4.31 Å². The highest BCUT2D eigenvalue weighted by Crippen LogP contribution is 2.24. The Morgan fingerprint density at radius 1 is 1.50 bits per heavy atom. The first-order valence-corrected chi connectivity index (χ1v) is 7.17. The van der Waals surface area contributed by atoms with Crippen LogP contribution in [0.25, 0.3) is 0 Å². The summed E-state index contributed by atoms with van der Waals surface area (Å²) >= 11 is 0. The summed E-state index contributed by atoms with van der Waals surface area (Å²) in [6.07, 6.45) is 1.90. The zero-order valence-corrected chi connectivity index (χ0v) is 11.4. The third kappa shape index (κ3) is 2.65. The second kappa shape index (κ2) is 5.43. The van der Waals surface area contributed by atoms with Crippen molar-refractivity contribution in [3.8, 4) is 0 Å². The van der Waals surface area contributed by atoms with Gasteiger partial charge in [0.2, 0.25) is 10.0 Å². The van der Waals surface area contributed by atoms with Crippen LogP contribution in [0.4, 0.5) is 4.39 Å². The van der Waals surface area contributed by atoms with E-state index in [1.165, 1.54) is 7.05 Å². The number of carboxylic acids is 1. The second-order valence-corrected chi connectivity index (χ2v) is 6.41. The van der Waals surface area contributed by atoms with Crippen LogP contribution in [-0.4, -0.2) is 55.1 Å². The van der Waals surface area contributed by atoms with E-state index in [4.69, 9.17) is 9.84 Å². The van der Waals surface area contributed by atoms with Crippen LogP contribution < -0.4 is 0 Å². The fraction of sp³-hybridized carbons (Fsp3) is 0.455. The topological polar surface area (TPSA) is 96.8 Å². The summed E-state index contributed by atoms with van der Waals surface area (Å²) in [7, 11) is -2.78. The molecule has 2 rings (SSSR count). The van der Waals surface area contributed by atoms with Crippen molar-refractivity contribution in [3.63, 3.8) is 0 Å². The van der Waals surface area contributed by atoms with E-state index >= 15 is 0 Å². The molecule has 1 N–H and O–H groups in total. The van der Waals surface area contributed by atoms with Gasteiger partial charge in [0, 0.05) is 13.2 Å². The third-order valence-electron chi connectivity index (χ3n) is 3.19. The molecular formula is C11H13FN2O5S. The van der Waals surface area contributed by atoms with Crippen molar-refractivity contribution in [1.82, 2.24) is 9.29 Å². The van der Waals surface area contributed by atoms with Gasteiger partial charge in [-0.3, -0.25) is 9.78 Å². The number of hydrogen-bond donors (Lipinski definition) is 1. The Labute approximate surface area is 115 Å². The molecule has 2 unspecified atom stereocenters. The highest BCUT2D eigenvalue weighted by molar-refractivity contribution is 7.89. The van der Waals surface area contributed by atoms with Gasteiger partial charge in [-0.1, -0.05) is 0 Å². The smallest absolute Gasteiger partial charge is 0.310 e. The summed E-state index contributed by atoms with van der Waals surface area (Å²) in [6.45, 7) is -0.0727. The van der Waals surface area contributed by atoms with Crippen LogP contribution in [0.1, 0.15) is 0 Å². The minimum atomic E-state index is -4.02. The Kier molecular flexibility index (Phi) is 4.02. The molecule has 0 radical (unpaired) electrons. The average Bonchev–Trinajstić information content (AvgIpc) is 2.87. The van der Waals surface area contributed by atoms with E-state index in [-0.39, 0.29) is 18.1 Å². The number of likely N-dealkylation sites (N-methyl/N-ethyl adjacent to an activating group) is 1. The third-order valence-corrected chi connectivity index (χ3v) is 5.04. The number of pyridine rings is 1. The van der Waals surface area contributed by atoms with Crippen molar-refractivity contribution >= 4 is 16.0 Å². The Hall–Kier alpha value is -1.58. The van der Waals surface area contributed by atoms with Gasteiger partial charge in [-0.05, 0) is 6.07 Å². The van der Waals surface area contributed by atoms with Crippen molar-refractivity contribution in [2.45, 2.75) is 10.9 Å². The first-order chi connectivity index (χ1) is 9.34. The van der Waals surface area contributed by atoms with Gasteiger partial charge in [0.25, 0.3) is 0 Å². The summed E-state index contributed by atoms with van der Waals surface area (Å²) in [6, 6.07) is 0.00509. The standard InChI is InChI=1S/C11H13FN2O5S/c1-14(10-6-19-5-9(10)11(15)16)20(17,18)8-2-7(12)3-13-4-8/h2-4,9-10H,5-6H2,1H3,(H,15,16). The normalized spacial score (nSPS) is 23.1. The van der Waals surface area contributed by atoms with Gasteiger partial charge in [-0.25, -0.2) is 12.8 Å². The molecule has 0 aromatic carbocycles. The molecule has 2 heterocycles. The van der Waals surface area contributed by atoms with E-state index in [9.17, 15) is 17.6 Å². The predicted molar refractivity (Wildman–Crippen MR) is 64.9 cm³/mol. The largest absolute Gasteiger partial charge is 0.481 e. The zero-order valence-electron chi connectivity index (χ0n) is 10.6. The first-order valence-electron chi connectivity index (χ1n) is 5.73. The van der Waals surface area contributed by atoms with Gasteiger partial charge in [0.05, 0.1) is 31.4 Å². The van der Waals surface area contributed by atoms with E-state index in [2.05, 4.69) is 4.98 Å². The van der Waals surface area contributed by atoms with Crippen LogP contribution in [0.2, 0.25) is 0 Å². The Morgan fingerprint density at radius 3 is 2.80 bits per heavy atom. The molecule has 1 aromatic heterocycles. The number of sulfonamides is 1. The molecule has 1 aliphatic heterocycles. The van der Waals surface area contributed by atoms with Crippen LogP contribution in [0.3, 0.4) is 0 Å². The second-order valence-electron chi connectivity index (χ2n) is 4.41. The van der Waals surface area contributed by atoms with Gasteiger partial charge in [-0.15, -0.1) is 0 Å². The van der Waals surface area contributed by atoms with Crippen LogP contribution in [0.15, 0.2) is 23.4 Å². The number of halogens is 1. The van der Waals surface area contributed by atoms with Gasteiger partial charge < -0.3 is 9.84 Å². The lowest BCUT2D eigenvalue weighted by molar-refractivity contribution is -0.142. The van der Waals surface area contributed by atoms with Gasteiger partial charge >= 0.3 is 5.97 Å². The summed E-state index contributed by atoms with van der Waals surface area (Å²) in [5, 5.41) is 9.04. The Balaban J connectivity index is 2.32. The number of ether oxygens (including phenoxy) is 1. The SMILES string of the molecule is CN(C1COCC1C(=O)O)S(=O)(=O)c1cncc(F)c1. The molecule has 0 aliphatic carbocycles. The quantitative estimate of drug-likeness (QED) is 0.837. The van der Waals surface area contributed by atoms with Gasteiger partial charge in [0.1, 0.15) is 10.7 Å². The van der Waals surface area contributed by atoms with E-state index in [0.29, 0.717) is 0 Å². The highest BCUT2D eigenvalue weighted by Gasteiger charge is 2.41. The molecule has 1 aromatic rings. The molecule has 0 bridgehead atoms. The van der Waals surface area contributed by atoms with Crippen molar-refractivity contribution in [2.24, 2.45) is 5.92 Å². The van der Waals surface area contributed by atoms with Crippen molar-refractivity contribution in [1.29, 1.82) is 0 Å². The molecule has 1 fully saturated rings. The molecule has 7 nitrogen and oxygen atoms in total. The average molecular weight is 304 g/mol. The maximum absolute atomic E-state index is 13.1. The van der Waals surface area contributed by atoms with Crippen molar-refractivity contribution in [2.75, 3.05) is 20.3 Å². The lowest BCUT2D eigenvalue weighted by Crippen LogP contribution is -2.44. The molecule has 0 amide bonds. The summed E-state index contributed by atoms with van der Waals surface area (Å²) < 4.78 is 43.6. The molecule has 110 valence electrons. The van der Waals surface area contributed by atoms with Crippen molar-refractivity contribution < 1.29 is 27.4 Å². The number of nitrogens with zero attached hydrogens (tertiary/aromatic N) is 2. The van der Waals surface area contributed by atoms with E-state index in [0.717, 1.165) is 22.8 Å². The maximum atomic E-state index is 13.1. The molecule has 2 atom stereocenters. The van der Waals surface area contributed by atoms with E-state index in [1.807, 2.05) is 0 Å². The summed E-state index contributed by atoms with van der Waals surface area (Å²) in [5.41, 5.74) is 0. The number of hydrogen-bond acceptors (Lipinski definition) is 5. The van der Waals surface area contributed by atoms with Crippen LogP contribution >= 0.6 is 0 Å². The minimum absolute atomic E-state index is 0.0184. The fourth-order valence-electron chi connectivity index (χ4n) is 2.02. The molecule has 9 heteroatoms. The molecule has 1 aliphatic rings. The lowest BCUT2D eigenvalue weighted by atomic mass is 10.1.